The first-order valence-corrected chi connectivity index (χ1v) is 12.6. The van der Waals surface area contributed by atoms with Crippen molar-refractivity contribution in [2.45, 2.75) is 55.6 Å². The van der Waals surface area contributed by atoms with Crippen LogP contribution in [-0.4, -0.2) is 99.5 Å². The molecule has 0 saturated carbocycles. The van der Waals surface area contributed by atoms with Gasteiger partial charge in [-0.15, -0.1) is 0 Å². The Morgan fingerprint density at radius 2 is 1.45 bits per heavy atom. The molecule has 0 radical (unpaired) electrons. The Labute approximate surface area is 220 Å². The minimum atomic E-state index is -1.70. The topological polar surface area (TPSA) is 189 Å². The molecule has 0 bridgehead atoms. The van der Waals surface area contributed by atoms with Crippen molar-refractivity contribution in [1.82, 2.24) is 10.6 Å². The SMILES string of the molecule is O=C(NC(CCCCNCC(O)C(O)C(O)C(O)CO)C(=O)O)OCC1c2ccccc2-c2ccccc21. The van der Waals surface area contributed by atoms with E-state index in [0.717, 1.165) is 22.3 Å². The number of hydrogen-bond acceptors (Lipinski definition) is 9. The van der Waals surface area contributed by atoms with Gasteiger partial charge in [-0.1, -0.05) is 48.5 Å². The maximum atomic E-state index is 12.4. The number of hydrogen-bond donors (Lipinski definition) is 8. The molecule has 208 valence electrons. The number of benzene rings is 2. The van der Waals surface area contributed by atoms with Crippen molar-refractivity contribution in [3.8, 4) is 11.1 Å². The predicted octanol–water partition coefficient (Wildman–Crippen LogP) is 0.174. The number of rotatable bonds is 15. The van der Waals surface area contributed by atoms with Gasteiger partial charge < -0.3 is 46.0 Å². The van der Waals surface area contributed by atoms with Gasteiger partial charge in [0.2, 0.25) is 0 Å². The van der Waals surface area contributed by atoms with E-state index in [1.54, 1.807) is 0 Å². The Hall–Kier alpha value is -3.06. The number of carbonyl (C=O) groups excluding carboxylic acids is 1. The molecule has 1 aliphatic rings. The van der Waals surface area contributed by atoms with Gasteiger partial charge >= 0.3 is 12.1 Å². The molecule has 38 heavy (non-hydrogen) atoms. The van der Waals surface area contributed by atoms with Crippen LogP contribution in [0.4, 0.5) is 4.79 Å². The Morgan fingerprint density at radius 3 is 2.03 bits per heavy atom. The standard InChI is InChI=1S/C27H36N2O9/c30-14-23(32)25(34)24(33)22(31)13-28-12-6-5-11-21(26(35)36)29-27(37)38-15-20-18-9-3-1-7-16(18)17-8-2-4-10-19(17)20/h1-4,7-10,20-25,28,30-34H,5-6,11-15H2,(H,29,37)(H,35,36). The van der Waals surface area contributed by atoms with Crippen LogP contribution in [0.5, 0.6) is 0 Å². The van der Waals surface area contributed by atoms with E-state index < -0.39 is 49.1 Å². The Morgan fingerprint density at radius 1 is 0.868 bits per heavy atom. The van der Waals surface area contributed by atoms with Crippen molar-refractivity contribution >= 4 is 12.1 Å². The molecule has 0 fully saturated rings. The summed E-state index contributed by atoms with van der Waals surface area (Å²) in [6.07, 6.45) is -5.99. The zero-order chi connectivity index (χ0) is 27.7. The maximum absolute atomic E-state index is 12.4. The van der Waals surface area contributed by atoms with Gasteiger partial charge in [-0.3, -0.25) is 0 Å². The fraction of sp³-hybridized carbons (Fsp3) is 0.481. The minimum absolute atomic E-state index is 0.0777. The van der Waals surface area contributed by atoms with Crippen LogP contribution < -0.4 is 10.6 Å². The van der Waals surface area contributed by atoms with E-state index in [1.165, 1.54) is 0 Å². The van der Waals surface area contributed by atoms with E-state index >= 15 is 0 Å². The Kier molecular flexibility index (Phi) is 11.0. The number of nitrogens with one attached hydrogen (secondary N) is 2. The van der Waals surface area contributed by atoms with Crippen LogP contribution in [0.15, 0.2) is 48.5 Å². The number of unbranched alkanes of at least 4 members (excludes halogenated alkanes) is 1. The first kappa shape index (κ1) is 29.5. The number of carbonyl (C=O) groups is 2. The van der Waals surface area contributed by atoms with Gasteiger partial charge in [0.25, 0.3) is 0 Å². The fourth-order valence-electron chi connectivity index (χ4n) is 4.57. The van der Waals surface area contributed by atoms with Crippen LogP contribution in [0.1, 0.15) is 36.3 Å². The van der Waals surface area contributed by atoms with Gasteiger partial charge in [-0.2, -0.15) is 0 Å². The monoisotopic (exact) mass is 532 g/mol. The number of carboxylic acids is 1. The molecule has 1 amide bonds. The second kappa shape index (κ2) is 14.2. The van der Waals surface area contributed by atoms with E-state index in [4.69, 9.17) is 9.84 Å². The van der Waals surface area contributed by atoms with Crippen molar-refractivity contribution in [2.75, 3.05) is 26.3 Å². The Bertz CT molecular complexity index is 1020. The number of carboxylic acid groups (broad SMARTS) is 1. The van der Waals surface area contributed by atoms with Crippen LogP contribution >= 0.6 is 0 Å². The highest BCUT2D eigenvalue weighted by Crippen LogP contribution is 2.44. The van der Waals surface area contributed by atoms with Crippen LogP contribution in [0.2, 0.25) is 0 Å². The van der Waals surface area contributed by atoms with E-state index in [1.807, 2.05) is 48.5 Å². The highest BCUT2D eigenvalue weighted by atomic mass is 16.5. The van der Waals surface area contributed by atoms with Gasteiger partial charge in [0.15, 0.2) is 0 Å². The summed E-state index contributed by atoms with van der Waals surface area (Å²) in [5, 5.41) is 62.2. The molecule has 5 atom stereocenters. The second-order valence-electron chi connectivity index (χ2n) is 9.36. The average molecular weight is 533 g/mol. The summed E-state index contributed by atoms with van der Waals surface area (Å²) in [4.78, 5) is 24.1. The van der Waals surface area contributed by atoms with E-state index in [-0.39, 0.29) is 25.5 Å². The highest BCUT2D eigenvalue weighted by molar-refractivity contribution is 5.81. The summed E-state index contributed by atoms with van der Waals surface area (Å²) in [5.41, 5.74) is 4.30. The number of amides is 1. The summed E-state index contributed by atoms with van der Waals surface area (Å²) in [6.45, 7) is -0.391. The van der Waals surface area contributed by atoms with Crippen molar-refractivity contribution in [2.24, 2.45) is 0 Å². The molecule has 8 N–H and O–H groups in total. The predicted molar refractivity (Wildman–Crippen MR) is 137 cm³/mol. The summed E-state index contributed by atoms with van der Waals surface area (Å²) in [7, 11) is 0. The van der Waals surface area contributed by atoms with Crippen LogP contribution in [0.3, 0.4) is 0 Å². The Balaban J connectivity index is 1.39. The molecular weight excluding hydrogens is 496 g/mol. The molecule has 0 saturated heterocycles. The molecule has 0 spiro atoms. The molecule has 0 heterocycles. The number of fused-ring (bicyclic) bond motifs is 3. The second-order valence-corrected chi connectivity index (χ2v) is 9.36. The number of alkyl carbamates (subject to hydrolysis) is 1. The third kappa shape index (κ3) is 7.50. The van der Waals surface area contributed by atoms with E-state index in [2.05, 4.69) is 10.6 Å². The molecule has 0 aromatic heterocycles. The molecule has 2 aromatic rings. The molecule has 5 unspecified atom stereocenters. The summed E-state index contributed by atoms with van der Waals surface area (Å²) >= 11 is 0. The van der Waals surface area contributed by atoms with Gasteiger partial charge in [0.1, 0.15) is 31.0 Å². The lowest BCUT2D eigenvalue weighted by molar-refractivity contribution is -0.139. The van der Waals surface area contributed by atoms with Crippen LogP contribution in [0.25, 0.3) is 11.1 Å². The van der Waals surface area contributed by atoms with Gasteiger partial charge in [0.05, 0.1) is 12.7 Å². The molecule has 3 rings (SSSR count). The number of ether oxygens (including phenoxy) is 1. The van der Waals surface area contributed by atoms with Crippen LogP contribution in [-0.2, 0) is 9.53 Å². The quantitative estimate of drug-likeness (QED) is 0.147. The summed E-state index contributed by atoms with van der Waals surface area (Å²) in [6, 6.07) is 14.7. The molecular formula is C27H36N2O9. The first-order chi connectivity index (χ1) is 18.2. The third-order valence-corrected chi connectivity index (χ3v) is 6.71. The van der Waals surface area contributed by atoms with Crippen molar-refractivity contribution < 1.29 is 45.0 Å². The maximum Gasteiger partial charge on any atom is 0.407 e. The number of aliphatic hydroxyl groups is 5. The van der Waals surface area contributed by atoms with Gasteiger partial charge in [-0.25, -0.2) is 9.59 Å². The van der Waals surface area contributed by atoms with E-state index in [9.17, 15) is 35.1 Å². The third-order valence-electron chi connectivity index (χ3n) is 6.71. The number of aliphatic hydroxyl groups excluding tert-OH is 5. The van der Waals surface area contributed by atoms with Crippen molar-refractivity contribution in [3.05, 3.63) is 59.7 Å². The molecule has 11 heteroatoms. The lowest BCUT2D eigenvalue weighted by Gasteiger charge is -2.25. The van der Waals surface area contributed by atoms with Crippen molar-refractivity contribution in [3.63, 3.8) is 0 Å². The largest absolute Gasteiger partial charge is 0.480 e. The normalized spacial score (nSPS) is 16.6. The molecule has 1 aliphatic carbocycles. The number of aliphatic carboxylic acids is 1. The van der Waals surface area contributed by atoms with Gasteiger partial charge in [-0.05, 0) is 48.1 Å². The molecule has 2 aromatic carbocycles. The lowest BCUT2D eigenvalue weighted by Crippen LogP contribution is -2.49. The summed E-state index contributed by atoms with van der Waals surface area (Å²) < 4.78 is 5.43. The summed E-state index contributed by atoms with van der Waals surface area (Å²) in [5.74, 6) is -1.31. The zero-order valence-corrected chi connectivity index (χ0v) is 20.9. The van der Waals surface area contributed by atoms with Gasteiger partial charge in [0, 0.05) is 12.5 Å². The average Bonchev–Trinajstić information content (AvgIpc) is 3.25. The molecule has 11 nitrogen and oxygen atoms in total. The minimum Gasteiger partial charge on any atom is -0.480 e. The fourth-order valence-corrected chi connectivity index (χ4v) is 4.57. The lowest BCUT2D eigenvalue weighted by atomic mass is 9.98. The zero-order valence-electron chi connectivity index (χ0n) is 20.9. The smallest absolute Gasteiger partial charge is 0.407 e. The van der Waals surface area contributed by atoms with E-state index in [0.29, 0.717) is 19.4 Å². The van der Waals surface area contributed by atoms with Crippen molar-refractivity contribution in [1.29, 1.82) is 0 Å². The molecule has 0 aliphatic heterocycles. The highest BCUT2D eigenvalue weighted by Gasteiger charge is 2.31. The van der Waals surface area contributed by atoms with Crippen LogP contribution in [0, 0.1) is 0 Å². The first-order valence-electron chi connectivity index (χ1n) is 12.6.